The minimum absolute atomic E-state index is 0.0128. The van der Waals surface area contributed by atoms with Crippen molar-refractivity contribution >= 4 is 15.7 Å². The van der Waals surface area contributed by atoms with Crippen molar-refractivity contribution in [2.75, 3.05) is 4.72 Å². The maximum atomic E-state index is 13.0. The first kappa shape index (κ1) is 18.0. The van der Waals surface area contributed by atoms with Gasteiger partial charge in [-0.3, -0.25) is 4.72 Å². The van der Waals surface area contributed by atoms with Crippen LogP contribution in [0.3, 0.4) is 0 Å². The Morgan fingerprint density at radius 2 is 1.73 bits per heavy atom. The standard InChI is InChI=1S/C19H21N3O3S/c1-19(2,3)18-17(13-22(20-18)15-9-5-4-6-10-15)26(24,25)21-14-8-7-11-16(23)12-14/h4-13,21,23H,1-3H3. The smallest absolute Gasteiger partial charge is 0.265 e. The molecule has 136 valence electrons. The number of anilines is 1. The summed E-state index contributed by atoms with van der Waals surface area (Å²) in [6, 6.07) is 15.3. The number of hydrogen-bond donors (Lipinski definition) is 2. The number of sulfonamides is 1. The van der Waals surface area contributed by atoms with Gasteiger partial charge in [-0.05, 0) is 24.3 Å². The topological polar surface area (TPSA) is 84.2 Å². The lowest BCUT2D eigenvalue weighted by molar-refractivity contribution is 0.475. The number of aromatic nitrogens is 2. The van der Waals surface area contributed by atoms with E-state index in [1.807, 2.05) is 51.1 Å². The van der Waals surface area contributed by atoms with E-state index in [9.17, 15) is 13.5 Å². The second-order valence-corrected chi connectivity index (χ2v) is 8.68. The van der Waals surface area contributed by atoms with Crippen molar-refractivity contribution < 1.29 is 13.5 Å². The predicted molar refractivity (Wildman–Crippen MR) is 101 cm³/mol. The second-order valence-electron chi connectivity index (χ2n) is 7.03. The normalized spacial score (nSPS) is 12.1. The average molecular weight is 371 g/mol. The summed E-state index contributed by atoms with van der Waals surface area (Å²) in [4.78, 5) is 0.109. The molecule has 0 aliphatic rings. The highest BCUT2D eigenvalue weighted by atomic mass is 32.2. The van der Waals surface area contributed by atoms with Crippen LogP contribution in [0.1, 0.15) is 26.5 Å². The molecule has 0 fully saturated rings. The van der Waals surface area contributed by atoms with Gasteiger partial charge in [-0.2, -0.15) is 5.10 Å². The molecule has 7 heteroatoms. The number of rotatable bonds is 4. The Labute approximate surface area is 153 Å². The largest absolute Gasteiger partial charge is 0.508 e. The van der Waals surface area contributed by atoms with Crippen LogP contribution in [-0.2, 0) is 15.4 Å². The summed E-state index contributed by atoms with van der Waals surface area (Å²) in [5, 5.41) is 14.1. The van der Waals surface area contributed by atoms with E-state index in [-0.39, 0.29) is 16.3 Å². The lowest BCUT2D eigenvalue weighted by Crippen LogP contribution is -2.20. The van der Waals surface area contributed by atoms with Crippen LogP contribution in [-0.4, -0.2) is 23.3 Å². The zero-order valence-electron chi connectivity index (χ0n) is 14.8. The Morgan fingerprint density at radius 1 is 1.04 bits per heavy atom. The second kappa shape index (κ2) is 6.49. The van der Waals surface area contributed by atoms with Crippen molar-refractivity contribution in [1.29, 1.82) is 0 Å². The minimum atomic E-state index is -3.88. The number of phenolic OH excluding ortho intramolecular Hbond substituents is 1. The average Bonchev–Trinajstić information content (AvgIpc) is 3.02. The van der Waals surface area contributed by atoms with Crippen LogP contribution in [0.2, 0.25) is 0 Å². The summed E-state index contributed by atoms with van der Waals surface area (Å²) in [6.07, 6.45) is 1.51. The van der Waals surface area contributed by atoms with E-state index >= 15 is 0 Å². The van der Waals surface area contributed by atoms with Gasteiger partial charge in [0.05, 0.1) is 23.3 Å². The van der Waals surface area contributed by atoms with Crippen molar-refractivity contribution in [3.05, 3.63) is 66.5 Å². The van der Waals surface area contributed by atoms with Gasteiger partial charge in [0.25, 0.3) is 10.0 Å². The molecule has 0 amide bonds. The lowest BCUT2D eigenvalue weighted by atomic mass is 9.92. The van der Waals surface area contributed by atoms with Gasteiger partial charge in [0, 0.05) is 11.5 Å². The molecule has 6 nitrogen and oxygen atoms in total. The van der Waals surface area contributed by atoms with Crippen molar-refractivity contribution in [2.24, 2.45) is 0 Å². The molecular weight excluding hydrogens is 350 g/mol. The quantitative estimate of drug-likeness (QED) is 0.733. The molecule has 0 atom stereocenters. The summed E-state index contributed by atoms with van der Waals surface area (Å²) < 4.78 is 30.0. The molecule has 1 heterocycles. The number of hydrogen-bond acceptors (Lipinski definition) is 4. The summed E-state index contributed by atoms with van der Waals surface area (Å²) in [6.45, 7) is 5.74. The maximum absolute atomic E-state index is 13.0. The summed E-state index contributed by atoms with van der Waals surface area (Å²) >= 11 is 0. The van der Waals surface area contributed by atoms with Crippen LogP contribution in [0.5, 0.6) is 5.75 Å². The van der Waals surface area contributed by atoms with Crippen LogP contribution in [0, 0.1) is 0 Å². The highest BCUT2D eigenvalue weighted by Gasteiger charge is 2.30. The van der Waals surface area contributed by atoms with Gasteiger partial charge in [0.2, 0.25) is 0 Å². The Morgan fingerprint density at radius 3 is 2.35 bits per heavy atom. The van der Waals surface area contributed by atoms with Gasteiger partial charge < -0.3 is 5.11 Å². The third kappa shape index (κ3) is 3.72. The molecule has 0 spiro atoms. The van der Waals surface area contributed by atoms with Crippen molar-refractivity contribution in [1.82, 2.24) is 9.78 Å². The first-order chi connectivity index (χ1) is 12.2. The van der Waals surface area contributed by atoms with Crippen molar-refractivity contribution in [3.63, 3.8) is 0 Å². The lowest BCUT2D eigenvalue weighted by Gasteiger charge is -2.17. The fraction of sp³-hybridized carbons (Fsp3) is 0.211. The summed E-state index contributed by atoms with van der Waals surface area (Å²) in [5.41, 5.74) is 1.06. The van der Waals surface area contributed by atoms with E-state index in [1.54, 1.807) is 16.8 Å². The highest BCUT2D eigenvalue weighted by molar-refractivity contribution is 7.92. The Bertz CT molecular complexity index is 1020. The van der Waals surface area contributed by atoms with Crippen molar-refractivity contribution in [3.8, 4) is 11.4 Å². The minimum Gasteiger partial charge on any atom is -0.508 e. The number of nitrogens with one attached hydrogen (secondary N) is 1. The molecule has 0 aliphatic carbocycles. The van der Waals surface area contributed by atoms with E-state index in [0.29, 0.717) is 5.69 Å². The van der Waals surface area contributed by atoms with Gasteiger partial charge in [-0.1, -0.05) is 45.0 Å². The molecule has 0 saturated carbocycles. The van der Waals surface area contributed by atoms with Crippen LogP contribution in [0.15, 0.2) is 65.7 Å². The number of para-hydroxylation sites is 1. The molecule has 0 unspecified atom stereocenters. The third-order valence-corrected chi connectivity index (χ3v) is 5.18. The van der Waals surface area contributed by atoms with Crippen LogP contribution in [0.25, 0.3) is 5.69 Å². The Balaban J connectivity index is 2.09. The molecule has 2 aromatic carbocycles. The molecule has 2 N–H and O–H groups in total. The molecule has 0 radical (unpaired) electrons. The molecular formula is C19H21N3O3S. The summed E-state index contributed by atoms with van der Waals surface area (Å²) in [5.74, 6) is -0.0128. The fourth-order valence-electron chi connectivity index (χ4n) is 2.57. The Hall–Kier alpha value is -2.80. The number of phenols is 1. The van der Waals surface area contributed by atoms with E-state index in [1.165, 1.54) is 18.3 Å². The van der Waals surface area contributed by atoms with Crippen LogP contribution < -0.4 is 4.72 Å². The molecule has 1 aromatic heterocycles. The molecule has 26 heavy (non-hydrogen) atoms. The summed E-state index contributed by atoms with van der Waals surface area (Å²) in [7, 11) is -3.88. The SMILES string of the molecule is CC(C)(C)c1nn(-c2ccccc2)cc1S(=O)(=O)Nc1cccc(O)c1. The highest BCUT2D eigenvalue weighted by Crippen LogP contribution is 2.30. The van der Waals surface area contributed by atoms with Crippen LogP contribution in [0.4, 0.5) is 5.69 Å². The molecule has 0 saturated heterocycles. The molecule has 3 aromatic rings. The van der Waals surface area contributed by atoms with Gasteiger partial charge in [-0.15, -0.1) is 0 Å². The van der Waals surface area contributed by atoms with Gasteiger partial charge in [0.15, 0.2) is 0 Å². The predicted octanol–water partition coefficient (Wildman–Crippen LogP) is 3.68. The first-order valence-electron chi connectivity index (χ1n) is 8.14. The van der Waals surface area contributed by atoms with E-state index < -0.39 is 15.4 Å². The van der Waals surface area contributed by atoms with E-state index in [2.05, 4.69) is 9.82 Å². The fourth-order valence-corrected chi connectivity index (χ4v) is 3.95. The van der Waals surface area contributed by atoms with Gasteiger partial charge in [0.1, 0.15) is 10.6 Å². The third-order valence-electron chi connectivity index (χ3n) is 3.80. The van der Waals surface area contributed by atoms with E-state index in [4.69, 9.17) is 0 Å². The molecule has 3 rings (SSSR count). The van der Waals surface area contributed by atoms with Crippen molar-refractivity contribution in [2.45, 2.75) is 31.1 Å². The zero-order chi connectivity index (χ0) is 18.9. The number of nitrogens with zero attached hydrogens (tertiary/aromatic N) is 2. The van der Waals surface area contributed by atoms with Crippen LogP contribution >= 0.6 is 0 Å². The van der Waals surface area contributed by atoms with E-state index in [0.717, 1.165) is 5.69 Å². The first-order valence-corrected chi connectivity index (χ1v) is 9.62. The Kier molecular flexibility index (Phi) is 4.50. The maximum Gasteiger partial charge on any atom is 0.265 e. The van der Waals surface area contributed by atoms with Gasteiger partial charge in [-0.25, -0.2) is 13.1 Å². The molecule has 0 bridgehead atoms. The van der Waals surface area contributed by atoms with Gasteiger partial charge >= 0.3 is 0 Å². The number of aromatic hydroxyl groups is 1. The molecule has 0 aliphatic heterocycles. The monoisotopic (exact) mass is 371 g/mol. The number of benzene rings is 2. The zero-order valence-corrected chi connectivity index (χ0v) is 15.7.